The summed E-state index contributed by atoms with van der Waals surface area (Å²) >= 11 is 7.75. The molecule has 0 saturated carbocycles. The highest BCUT2D eigenvalue weighted by atomic mass is 35.5. The Bertz CT molecular complexity index is 608. The van der Waals surface area contributed by atoms with Crippen LogP contribution in [0.2, 0.25) is 5.02 Å². The summed E-state index contributed by atoms with van der Waals surface area (Å²) in [5.41, 5.74) is 3.58. The van der Waals surface area contributed by atoms with Crippen LogP contribution in [0.15, 0.2) is 48.5 Å². The van der Waals surface area contributed by atoms with Gasteiger partial charge in [-0.3, -0.25) is 0 Å². The molecule has 0 atom stereocenters. The quantitative estimate of drug-likeness (QED) is 0.819. The molecule has 108 valence electrons. The topological polar surface area (TPSA) is 20.2 Å². The first-order chi connectivity index (χ1) is 10.3. The molecule has 0 aliphatic carbocycles. The maximum absolute atomic E-state index is 8.68. The van der Waals surface area contributed by atoms with Gasteiger partial charge in [-0.1, -0.05) is 47.7 Å². The molecule has 0 saturated heterocycles. The monoisotopic (exact) mass is 316 g/mol. The molecule has 2 aromatic carbocycles. The van der Waals surface area contributed by atoms with E-state index in [0.29, 0.717) is 6.42 Å². The maximum Gasteiger partial charge on any atom is 0.0540 e. The standard InChI is InChI=1S/C18H17ClOS/c19-18-10-8-17(9-11-18)14-21-13-16-6-4-15(5-7-16)3-1-2-12-20/h4-11,20H,2,12-14H2. The highest BCUT2D eigenvalue weighted by Crippen LogP contribution is 2.19. The van der Waals surface area contributed by atoms with E-state index in [4.69, 9.17) is 16.7 Å². The van der Waals surface area contributed by atoms with Gasteiger partial charge >= 0.3 is 0 Å². The third-order valence-corrected chi connectivity index (χ3v) is 4.20. The fourth-order valence-corrected chi connectivity index (χ4v) is 2.86. The molecular weight excluding hydrogens is 300 g/mol. The average Bonchev–Trinajstić information content (AvgIpc) is 2.51. The van der Waals surface area contributed by atoms with E-state index < -0.39 is 0 Å². The molecule has 2 rings (SSSR count). The van der Waals surface area contributed by atoms with E-state index >= 15 is 0 Å². The number of halogens is 1. The second kappa shape index (κ2) is 8.79. The maximum atomic E-state index is 8.68. The number of rotatable bonds is 5. The summed E-state index contributed by atoms with van der Waals surface area (Å²) in [6.07, 6.45) is 0.526. The lowest BCUT2D eigenvalue weighted by molar-refractivity contribution is 0.305. The third kappa shape index (κ3) is 5.85. The summed E-state index contributed by atoms with van der Waals surface area (Å²) in [6, 6.07) is 16.3. The zero-order valence-electron chi connectivity index (χ0n) is 11.7. The van der Waals surface area contributed by atoms with Crippen molar-refractivity contribution in [2.75, 3.05) is 6.61 Å². The van der Waals surface area contributed by atoms with E-state index in [9.17, 15) is 0 Å². The fourth-order valence-electron chi connectivity index (χ4n) is 1.77. The van der Waals surface area contributed by atoms with Crippen molar-refractivity contribution in [1.82, 2.24) is 0 Å². The van der Waals surface area contributed by atoms with Crippen molar-refractivity contribution in [2.24, 2.45) is 0 Å². The first-order valence-electron chi connectivity index (χ1n) is 6.79. The molecule has 0 spiro atoms. The van der Waals surface area contributed by atoms with Gasteiger partial charge in [0.2, 0.25) is 0 Å². The summed E-state index contributed by atoms with van der Waals surface area (Å²) < 4.78 is 0. The average molecular weight is 317 g/mol. The first kappa shape index (κ1) is 16.0. The number of hydrogen-bond acceptors (Lipinski definition) is 2. The van der Waals surface area contributed by atoms with E-state index in [2.05, 4.69) is 36.1 Å². The number of aliphatic hydroxyl groups is 1. The van der Waals surface area contributed by atoms with Crippen molar-refractivity contribution in [1.29, 1.82) is 0 Å². The normalized spacial score (nSPS) is 10.0. The van der Waals surface area contributed by atoms with Crippen molar-refractivity contribution < 1.29 is 5.11 Å². The Labute approximate surface area is 135 Å². The highest BCUT2D eigenvalue weighted by Gasteiger charge is 1.97. The van der Waals surface area contributed by atoms with E-state index in [-0.39, 0.29) is 6.61 Å². The van der Waals surface area contributed by atoms with Crippen molar-refractivity contribution in [3.05, 3.63) is 70.2 Å². The van der Waals surface area contributed by atoms with Crippen LogP contribution in [0, 0.1) is 11.8 Å². The van der Waals surface area contributed by atoms with Gasteiger partial charge in [0.05, 0.1) is 6.61 Å². The van der Waals surface area contributed by atoms with Crippen LogP contribution < -0.4 is 0 Å². The van der Waals surface area contributed by atoms with Crippen LogP contribution in [0.5, 0.6) is 0 Å². The van der Waals surface area contributed by atoms with Gasteiger partial charge in [-0.2, -0.15) is 11.8 Å². The van der Waals surface area contributed by atoms with Gasteiger partial charge in [0.25, 0.3) is 0 Å². The molecule has 0 aliphatic rings. The van der Waals surface area contributed by atoms with Crippen LogP contribution in [-0.2, 0) is 11.5 Å². The molecule has 1 nitrogen and oxygen atoms in total. The number of thioether (sulfide) groups is 1. The number of hydrogen-bond donors (Lipinski definition) is 1. The molecule has 2 aromatic rings. The van der Waals surface area contributed by atoms with Gasteiger partial charge in [-0.05, 0) is 35.4 Å². The van der Waals surface area contributed by atoms with Crippen LogP contribution in [0.25, 0.3) is 0 Å². The molecule has 21 heavy (non-hydrogen) atoms. The molecule has 0 amide bonds. The largest absolute Gasteiger partial charge is 0.395 e. The van der Waals surface area contributed by atoms with E-state index in [0.717, 1.165) is 22.1 Å². The molecule has 0 unspecified atom stereocenters. The predicted octanol–water partition coefficient (Wildman–Crippen LogP) is 4.51. The Hall–Kier alpha value is -1.40. The van der Waals surface area contributed by atoms with Crippen LogP contribution in [0.1, 0.15) is 23.1 Å². The smallest absolute Gasteiger partial charge is 0.0540 e. The van der Waals surface area contributed by atoms with Crippen molar-refractivity contribution in [3.63, 3.8) is 0 Å². The van der Waals surface area contributed by atoms with Crippen LogP contribution in [0.3, 0.4) is 0 Å². The van der Waals surface area contributed by atoms with Crippen molar-refractivity contribution >= 4 is 23.4 Å². The minimum Gasteiger partial charge on any atom is -0.395 e. The minimum atomic E-state index is 0.117. The Balaban J connectivity index is 1.81. The SMILES string of the molecule is OCCC#Cc1ccc(CSCc2ccc(Cl)cc2)cc1. The lowest BCUT2D eigenvalue weighted by atomic mass is 10.1. The Morgan fingerprint density at radius 1 is 0.905 bits per heavy atom. The lowest BCUT2D eigenvalue weighted by Gasteiger charge is -2.03. The highest BCUT2D eigenvalue weighted by molar-refractivity contribution is 7.97. The molecule has 0 fully saturated rings. The summed E-state index contributed by atoms with van der Waals surface area (Å²) in [6.45, 7) is 0.117. The summed E-state index contributed by atoms with van der Waals surface area (Å²) in [5.74, 6) is 7.92. The Morgan fingerprint density at radius 3 is 2.05 bits per heavy atom. The third-order valence-electron chi connectivity index (χ3n) is 2.87. The first-order valence-corrected chi connectivity index (χ1v) is 8.32. The van der Waals surface area contributed by atoms with Crippen LogP contribution >= 0.6 is 23.4 Å². The predicted molar refractivity (Wildman–Crippen MR) is 91.5 cm³/mol. The second-order valence-corrected chi connectivity index (χ2v) is 6.01. The van der Waals surface area contributed by atoms with Gasteiger partial charge < -0.3 is 5.11 Å². The number of aliphatic hydroxyl groups excluding tert-OH is 1. The second-order valence-electron chi connectivity index (χ2n) is 4.59. The molecule has 0 heterocycles. The van der Waals surface area contributed by atoms with Gasteiger partial charge in [0.15, 0.2) is 0 Å². The Kier molecular flexibility index (Phi) is 6.69. The van der Waals surface area contributed by atoms with Crippen LogP contribution in [0.4, 0.5) is 0 Å². The summed E-state index contributed by atoms with van der Waals surface area (Å²) in [7, 11) is 0. The zero-order valence-corrected chi connectivity index (χ0v) is 13.3. The molecule has 0 radical (unpaired) electrons. The fraction of sp³-hybridized carbons (Fsp3) is 0.222. The molecule has 0 aromatic heterocycles. The number of benzene rings is 2. The molecule has 3 heteroatoms. The van der Waals surface area contributed by atoms with Crippen molar-refractivity contribution in [3.8, 4) is 11.8 Å². The molecular formula is C18H17ClOS. The summed E-state index contributed by atoms with van der Waals surface area (Å²) in [5, 5.41) is 9.46. The Morgan fingerprint density at radius 2 is 1.48 bits per heavy atom. The van der Waals surface area contributed by atoms with Gasteiger partial charge in [-0.15, -0.1) is 0 Å². The van der Waals surface area contributed by atoms with Gasteiger partial charge in [0, 0.05) is 28.5 Å². The minimum absolute atomic E-state index is 0.117. The van der Waals surface area contributed by atoms with E-state index in [1.54, 1.807) is 0 Å². The zero-order chi connectivity index (χ0) is 14.9. The molecule has 0 bridgehead atoms. The van der Waals surface area contributed by atoms with Crippen LogP contribution in [-0.4, -0.2) is 11.7 Å². The van der Waals surface area contributed by atoms with Gasteiger partial charge in [-0.25, -0.2) is 0 Å². The summed E-state index contributed by atoms with van der Waals surface area (Å²) in [4.78, 5) is 0. The molecule has 1 N–H and O–H groups in total. The van der Waals surface area contributed by atoms with Gasteiger partial charge in [0.1, 0.15) is 0 Å². The van der Waals surface area contributed by atoms with Crippen molar-refractivity contribution in [2.45, 2.75) is 17.9 Å². The van der Waals surface area contributed by atoms with E-state index in [1.807, 2.05) is 36.0 Å². The van der Waals surface area contributed by atoms with E-state index in [1.165, 1.54) is 11.1 Å². The molecule has 0 aliphatic heterocycles. The lowest BCUT2D eigenvalue weighted by Crippen LogP contribution is -1.84.